The van der Waals surface area contributed by atoms with E-state index in [1.54, 1.807) is 0 Å². The highest BCUT2D eigenvalue weighted by Crippen LogP contribution is 2.17. The molecular weight excluding hydrogens is 381 g/mol. The highest BCUT2D eigenvalue weighted by Gasteiger charge is 2.29. The number of amides is 1. The monoisotopic (exact) mass is 401 g/mol. The van der Waals surface area contributed by atoms with Crippen LogP contribution in [0.4, 0.5) is 0 Å². The lowest BCUT2D eigenvalue weighted by Gasteiger charge is -2.35. The van der Waals surface area contributed by atoms with Crippen LogP contribution in [0.5, 0.6) is 0 Å². The van der Waals surface area contributed by atoms with Crippen molar-refractivity contribution in [2.24, 2.45) is 5.92 Å². The number of hydrogen-bond acceptors (Lipinski definition) is 4. The fourth-order valence-corrected chi connectivity index (χ4v) is 3.19. The predicted octanol–water partition coefficient (Wildman–Crippen LogP) is 1.37. The molecule has 1 aromatic rings. The summed E-state index contributed by atoms with van der Waals surface area (Å²) in [5.74, 6) is 0.375. The first-order chi connectivity index (χ1) is 10.2. The Labute approximate surface area is 138 Å². The van der Waals surface area contributed by atoms with E-state index in [1.165, 1.54) is 5.56 Å². The molecule has 6 heteroatoms. The van der Waals surface area contributed by atoms with Gasteiger partial charge in [-0.25, -0.2) is 0 Å². The van der Waals surface area contributed by atoms with Crippen LogP contribution in [-0.2, 0) is 16.1 Å². The average Bonchev–Trinajstić information content (AvgIpc) is 3.04. The van der Waals surface area contributed by atoms with Crippen molar-refractivity contribution >= 4 is 28.5 Å². The van der Waals surface area contributed by atoms with Gasteiger partial charge in [-0.1, -0.05) is 6.07 Å². The molecule has 2 aliphatic rings. The quantitative estimate of drug-likeness (QED) is 0.567. The Kier molecular flexibility index (Phi) is 5.07. The van der Waals surface area contributed by atoms with Crippen LogP contribution in [0, 0.1) is 9.62 Å². The summed E-state index contributed by atoms with van der Waals surface area (Å²) in [4.78, 5) is 21.0. The SMILES string of the molecule is O=C(C1CCOC1)N1CCN(Cc2ccc(I)nc2)CC1. The molecule has 1 atom stereocenters. The molecule has 1 amide bonds. The molecule has 114 valence electrons. The molecule has 0 radical (unpaired) electrons. The number of piperazine rings is 1. The number of ether oxygens (including phenoxy) is 1. The smallest absolute Gasteiger partial charge is 0.228 e. The number of carbonyl (C=O) groups excluding carboxylic acids is 1. The van der Waals surface area contributed by atoms with Crippen LogP contribution in [0.2, 0.25) is 0 Å². The van der Waals surface area contributed by atoms with Crippen LogP contribution < -0.4 is 0 Å². The first kappa shape index (κ1) is 15.2. The van der Waals surface area contributed by atoms with E-state index < -0.39 is 0 Å². The zero-order valence-corrected chi connectivity index (χ0v) is 14.2. The molecule has 1 unspecified atom stereocenters. The molecule has 3 rings (SSSR count). The Morgan fingerprint density at radius 2 is 2.14 bits per heavy atom. The van der Waals surface area contributed by atoms with Crippen molar-refractivity contribution in [2.45, 2.75) is 13.0 Å². The summed E-state index contributed by atoms with van der Waals surface area (Å²) in [6.45, 7) is 5.78. The van der Waals surface area contributed by atoms with Gasteiger partial charge in [0, 0.05) is 45.5 Å². The summed E-state index contributed by atoms with van der Waals surface area (Å²) in [5.41, 5.74) is 1.24. The van der Waals surface area contributed by atoms with E-state index >= 15 is 0 Å². The lowest BCUT2D eigenvalue weighted by molar-refractivity contribution is -0.137. The molecule has 2 fully saturated rings. The van der Waals surface area contributed by atoms with Crippen molar-refractivity contribution in [3.8, 4) is 0 Å². The fourth-order valence-electron chi connectivity index (χ4n) is 2.87. The molecule has 0 spiro atoms. The third-order valence-electron chi connectivity index (χ3n) is 4.16. The maximum atomic E-state index is 12.3. The standard InChI is InChI=1S/C15H20IN3O2/c16-14-2-1-12(9-17-14)10-18-4-6-19(7-5-18)15(20)13-3-8-21-11-13/h1-2,9,13H,3-8,10-11H2. The molecule has 0 aliphatic carbocycles. The first-order valence-electron chi connectivity index (χ1n) is 7.42. The Hall–Kier alpha value is -0.730. The van der Waals surface area contributed by atoms with E-state index in [0.717, 1.165) is 49.5 Å². The second-order valence-corrected chi connectivity index (χ2v) is 6.76. The molecule has 1 aromatic heterocycles. The van der Waals surface area contributed by atoms with Crippen molar-refractivity contribution in [3.63, 3.8) is 0 Å². The van der Waals surface area contributed by atoms with Crippen LogP contribution >= 0.6 is 22.6 Å². The number of halogens is 1. The van der Waals surface area contributed by atoms with Gasteiger partial charge in [-0.3, -0.25) is 14.7 Å². The third kappa shape index (κ3) is 3.92. The minimum atomic E-state index is 0.0944. The average molecular weight is 401 g/mol. The van der Waals surface area contributed by atoms with Gasteiger partial charge in [0.2, 0.25) is 5.91 Å². The zero-order chi connectivity index (χ0) is 14.7. The Balaban J connectivity index is 1.48. The second-order valence-electron chi connectivity index (χ2n) is 5.65. The molecule has 2 aliphatic heterocycles. The fraction of sp³-hybridized carbons (Fsp3) is 0.600. The van der Waals surface area contributed by atoms with Crippen molar-refractivity contribution in [3.05, 3.63) is 27.6 Å². The van der Waals surface area contributed by atoms with Gasteiger partial charge in [0.05, 0.1) is 12.5 Å². The van der Waals surface area contributed by atoms with Crippen LogP contribution in [0.1, 0.15) is 12.0 Å². The van der Waals surface area contributed by atoms with Gasteiger partial charge in [0.25, 0.3) is 0 Å². The second kappa shape index (κ2) is 7.02. The highest BCUT2D eigenvalue weighted by atomic mass is 127. The third-order valence-corrected chi connectivity index (χ3v) is 4.80. The molecule has 5 nitrogen and oxygen atoms in total. The van der Waals surface area contributed by atoms with Crippen molar-refractivity contribution in [1.29, 1.82) is 0 Å². The summed E-state index contributed by atoms with van der Waals surface area (Å²) in [6.07, 6.45) is 2.82. The molecule has 3 heterocycles. The summed E-state index contributed by atoms with van der Waals surface area (Å²) in [5, 5.41) is 0. The summed E-state index contributed by atoms with van der Waals surface area (Å²) >= 11 is 2.22. The van der Waals surface area contributed by atoms with E-state index in [2.05, 4.69) is 38.5 Å². The topological polar surface area (TPSA) is 45.7 Å². The van der Waals surface area contributed by atoms with Crippen LogP contribution in [0.25, 0.3) is 0 Å². The van der Waals surface area contributed by atoms with Crippen molar-refractivity contribution < 1.29 is 9.53 Å². The Bertz CT molecular complexity index is 480. The highest BCUT2D eigenvalue weighted by molar-refractivity contribution is 14.1. The lowest BCUT2D eigenvalue weighted by atomic mass is 10.1. The van der Waals surface area contributed by atoms with E-state index in [-0.39, 0.29) is 11.8 Å². The van der Waals surface area contributed by atoms with E-state index in [4.69, 9.17) is 4.74 Å². The maximum Gasteiger partial charge on any atom is 0.228 e. The number of carbonyl (C=O) groups is 1. The van der Waals surface area contributed by atoms with Gasteiger partial charge in [-0.05, 0) is 40.6 Å². The van der Waals surface area contributed by atoms with E-state index in [9.17, 15) is 4.79 Å². The van der Waals surface area contributed by atoms with Crippen LogP contribution in [0.3, 0.4) is 0 Å². The molecule has 0 saturated carbocycles. The summed E-state index contributed by atoms with van der Waals surface area (Å²) in [7, 11) is 0. The molecule has 0 aromatic carbocycles. The normalized spacial score (nSPS) is 23.5. The maximum absolute atomic E-state index is 12.3. The van der Waals surface area contributed by atoms with Gasteiger partial charge in [0.1, 0.15) is 3.70 Å². The predicted molar refractivity (Wildman–Crippen MR) is 87.7 cm³/mol. The Morgan fingerprint density at radius 1 is 1.33 bits per heavy atom. The molecule has 21 heavy (non-hydrogen) atoms. The molecular formula is C15H20IN3O2. The zero-order valence-electron chi connectivity index (χ0n) is 12.0. The Morgan fingerprint density at radius 3 is 2.76 bits per heavy atom. The number of hydrogen-bond donors (Lipinski definition) is 0. The van der Waals surface area contributed by atoms with E-state index in [0.29, 0.717) is 6.61 Å². The van der Waals surface area contributed by atoms with Gasteiger partial charge < -0.3 is 9.64 Å². The van der Waals surface area contributed by atoms with Gasteiger partial charge in [-0.2, -0.15) is 0 Å². The number of rotatable bonds is 3. The first-order valence-corrected chi connectivity index (χ1v) is 8.49. The van der Waals surface area contributed by atoms with Crippen molar-refractivity contribution in [2.75, 3.05) is 39.4 Å². The number of aromatic nitrogens is 1. The molecule has 0 bridgehead atoms. The van der Waals surface area contributed by atoms with Gasteiger partial charge >= 0.3 is 0 Å². The van der Waals surface area contributed by atoms with Gasteiger partial charge in [0.15, 0.2) is 0 Å². The number of nitrogens with zero attached hydrogens (tertiary/aromatic N) is 3. The minimum Gasteiger partial charge on any atom is -0.381 e. The van der Waals surface area contributed by atoms with Crippen LogP contribution in [0.15, 0.2) is 18.3 Å². The molecule has 2 saturated heterocycles. The summed E-state index contributed by atoms with van der Waals surface area (Å²) in [6, 6.07) is 4.16. The summed E-state index contributed by atoms with van der Waals surface area (Å²) < 4.78 is 6.33. The number of pyridine rings is 1. The lowest BCUT2D eigenvalue weighted by Crippen LogP contribution is -2.50. The minimum absolute atomic E-state index is 0.0944. The van der Waals surface area contributed by atoms with E-state index in [1.807, 2.05) is 17.2 Å². The van der Waals surface area contributed by atoms with Gasteiger partial charge in [-0.15, -0.1) is 0 Å². The van der Waals surface area contributed by atoms with Crippen molar-refractivity contribution in [1.82, 2.24) is 14.8 Å². The molecule has 0 N–H and O–H groups in total. The largest absolute Gasteiger partial charge is 0.381 e. The van der Waals surface area contributed by atoms with Crippen LogP contribution in [-0.4, -0.2) is 60.1 Å².